The normalized spacial score (nSPS) is 16.6. The molecule has 1 aromatic carbocycles. The van der Waals surface area contributed by atoms with E-state index in [2.05, 4.69) is 0 Å². The molecule has 0 spiro atoms. The molecule has 1 heterocycles. The summed E-state index contributed by atoms with van der Waals surface area (Å²) in [5.41, 5.74) is 1.08. The number of hydrogen-bond donors (Lipinski definition) is 0. The second-order valence-electron chi connectivity index (χ2n) is 4.13. The van der Waals surface area contributed by atoms with E-state index in [0.717, 1.165) is 31.5 Å². The minimum Gasteiger partial charge on any atom is -0.339 e. The molecule has 0 unspecified atom stereocenters. The molecule has 84 valence electrons. The predicted octanol–water partition coefficient (Wildman–Crippen LogP) is 2.71. The van der Waals surface area contributed by atoms with E-state index in [0.29, 0.717) is 0 Å². The summed E-state index contributed by atoms with van der Waals surface area (Å²) in [6.45, 7) is 1.83. The lowest BCUT2D eigenvalue weighted by Gasteiger charge is -2.25. The Bertz CT molecular complexity index is 364. The van der Waals surface area contributed by atoms with Crippen molar-refractivity contribution >= 4 is 12.0 Å². The summed E-state index contributed by atoms with van der Waals surface area (Å²) in [5, 5.41) is 0. The van der Waals surface area contributed by atoms with Crippen LogP contribution in [0.1, 0.15) is 24.8 Å². The highest BCUT2D eigenvalue weighted by molar-refractivity contribution is 5.91. The number of nitrogens with zero attached hydrogens (tertiary/aromatic N) is 1. The molecule has 1 aliphatic rings. The molecule has 1 aliphatic heterocycles. The summed E-state index contributed by atoms with van der Waals surface area (Å²) in [5.74, 6) is 0.142. The summed E-state index contributed by atoms with van der Waals surface area (Å²) in [6.07, 6.45) is 7.11. The zero-order valence-corrected chi connectivity index (χ0v) is 9.43. The van der Waals surface area contributed by atoms with Gasteiger partial charge in [-0.25, -0.2) is 0 Å². The van der Waals surface area contributed by atoms with Gasteiger partial charge in [-0.2, -0.15) is 0 Å². The van der Waals surface area contributed by atoms with Crippen molar-refractivity contribution in [3.63, 3.8) is 0 Å². The molecular formula is C14H17NO. The molecule has 0 aliphatic carbocycles. The van der Waals surface area contributed by atoms with E-state index < -0.39 is 0 Å². The monoisotopic (exact) mass is 215 g/mol. The number of piperidine rings is 1. The van der Waals surface area contributed by atoms with Crippen molar-refractivity contribution in [3.05, 3.63) is 42.0 Å². The Kier molecular flexibility index (Phi) is 3.76. The van der Waals surface area contributed by atoms with E-state index in [1.54, 1.807) is 6.08 Å². The van der Waals surface area contributed by atoms with Crippen LogP contribution in [0.5, 0.6) is 0 Å². The van der Waals surface area contributed by atoms with Crippen LogP contribution < -0.4 is 0 Å². The maximum Gasteiger partial charge on any atom is 0.246 e. The summed E-state index contributed by atoms with van der Waals surface area (Å²) in [6, 6.07) is 9.93. The van der Waals surface area contributed by atoms with Gasteiger partial charge in [-0.05, 0) is 30.9 Å². The van der Waals surface area contributed by atoms with Crippen LogP contribution in [-0.4, -0.2) is 23.9 Å². The van der Waals surface area contributed by atoms with Crippen LogP contribution in [0.4, 0.5) is 0 Å². The van der Waals surface area contributed by atoms with Gasteiger partial charge in [0, 0.05) is 19.2 Å². The topological polar surface area (TPSA) is 20.3 Å². The molecule has 0 aromatic heterocycles. The third-order valence-electron chi connectivity index (χ3n) is 2.89. The minimum absolute atomic E-state index is 0.142. The van der Waals surface area contributed by atoms with E-state index in [1.807, 2.05) is 41.3 Å². The van der Waals surface area contributed by atoms with Gasteiger partial charge in [0.15, 0.2) is 0 Å². The zero-order chi connectivity index (χ0) is 11.2. The number of amides is 1. The summed E-state index contributed by atoms with van der Waals surface area (Å²) >= 11 is 0. The highest BCUT2D eigenvalue weighted by Crippen LogP contribution is 2.09. The van der Waals surface area contributed by atoms with Crippen molar-refractivity contribution in [2.75, 3.05) is 13.1 Å². The number of carbonyl (C=O) groups is 1. The Morgan fingerprint density at radius 1 is 1.06 bits per heavy atom. The summed E-state index contributed by atoms with van der Waals surface area (Å²) in [4.78, 5) is 13.7. The Balaban J connectivity index is 1.93. The highest BCUT2D eigenvalue weighted by atomic mass is 16.2. The van der Waals surface area contributed by atoms with Crippen molar-refractivity contribution in [3.8, 4) is 0 Å². The summed E-state index contributed by atoms with van der Waals surface area (Å²) in [7, 11) is 0. The molecule has 0 N–H and O–H groups in total. The second-order valence-corrected chi connectivity index (χ2v) is 4.13. The number of likely N-dealkylation sites (tertiary alicyclic amines) is 1. The molecule has 1 amide bonds. The van der Waals surface area contributed by atoms with E-state index >= 15 is 0 Å². The Labute approximate surface area is 96.6 Å². The predicted molar refractivity (Wildman–Crippen MR) is 65.9 cm³/mol. The van der Waals surface area contributed by atoms with Crippen molar-refractivity contribution in [1.29, 1.82) is 0 Å². The highest BCUT2D eigenvalue weighted by Gasteiger charge is 2.13. The molecule has 2 heteroatoms. The van der Waals surface area contributed by atoms with Crippen LogP contribution in [0.15, 0.2) is 36.4 Å². The molecule has 1 fully saturated rings. The van der Waals surface area contributed by atoms with Gasteiger partial charge in [-0.15, -0.1) is 0 Å². The first-order chi connectivity index (χ1) is 7.86. The number of rotatable bonds is 2. The number of benzene rings is 1. The largest absolute Gasteiger partial charge is 0.339 e. The molecule has 2 rings (SSSR count). The lowest BCUT2D eigenvalue weighted by atomic mass is 10.1. The van der Waals surface area contributed by atoms with Gasteiger partial charge in [0.25, 0.3) is 0 Å². The fourth-order valence-electron chi connectivity index (χ4n) is 1.95. The van der Waals surface area contributed by atoms with Crippen LogP contribution in [-0.2, 0) is 4.79 Å². The molecule has 0 atom stereocenters. The fourth-order valence-corrected chi connectivity index (χ4v) is 1.95. The van der Waals surface area contributed by atoms with E-state index in [4.69, 9.17) is 0 Å². The molecule has 2 nitrogen and oxygen atoms in total. The number of carbonyl (C=O) groups excluding carboxylic acids is 1. The van der Waals surface area contributed by atoms with Crippen molar-refractivity contribution < 1.29 is 4.79 Å². The van der Waals surface area contributed by atoms with E-state index in [1.165, 1.54) is 6.42 Å². The van der Waals surface area contributed by atoms with Crippen molar-refractivity contribution in [1.82, 2.24) is 4.90 Å². The molecule has 0 saturated carbocycles. The van der Waals surface area contributed by atoms with Gasteiger partial charge in [-0.1, -0.05) is 30.3 Å². The quantitative estimate of drug-likeness (QED) is 0.695. The fraction of sp³-hybridized carbons (Fsp3) is 0.357. The second kappa shape index (κ2) is 5.50. The Morgan fingerprint density at radius 3 is 2.44 bits per heavy atom. The summed E-state index contributed by atoms with van der Waals surface area (Å²) < 4.78 is 0. The van der Waals surface area contributed by atoms with Gasteiger partial charge < -0.3 is 4.90 Å². The van der Waals surface area contributed by atoms with Crippen LogP contribution in [0, 0.1) is 0 Å². The first-order valence-corrected chi connectivity index (χ1v) is 5.88. The maximum absolute atomic E-state index is 11.8. The third-order valence-corrected chi connectivity index (χ3v) is 2.89. The Hall–Kier alpha value is -1.57. The van der Waals surface area contributed by atoms with Gasteiger partial charge in [0.2, 0.25) is 5.91 Å². The molecule has 1 aromatic rings. The SMILES string of the molecule is O=C(/C=C\c1ccccc1)N1CCCCC1. The smallest absolute Gasteiger partial charge is 0.246 e. The van der Waals surface area contributed by atoms with Gasteiger partial charge >= 0.3 is 0 Å². The molecular weight excluding hydrogens is 198 g/mol. The van der Waals surface area contributed by atoms with Crippen LogP contribution >= 0.6 is 0 Å². The molecule has 0 radical (unpaired) electrons. The molecule has 1 saturated heterocycles. The average Bonchev–Trinajstić information content (AvgIpc) is 2.38. The lowest BCUT2D eigenvalue weighted by Crippen LogP contribution is -2.34. The van der Waals surface area contributed by atoms with Crippen LogP contribution in [0.3, 0.4) is 0 Å². The first kappa shape index (κ1) is 10.9. The molecule has 0 bridgehead atoms. The van der Waals surface area contributed by atoms with E-state index in [9.17, 15) is 4.79 Å². The van der Waals surface area contributed by atoms with Crippen molar-refractivity contribution in [2.45, 2.75) is 19.3 Å². The lowest BCUT2D eigenvalue weighted by molar-refractivity contribution is -0.126. The van der Waals surface area contributed by atoms with Crippen molar-refractivity contribution in [2.24, 2.45) is 0 Å². The zero-order valence-electron chi connectivity index (χ0n) is 9.43. The number of hydrogen-bond acceptors (Lipinski definition) is 1. The van der Waals surface area contributed by atoms with Crippen LogP contribution in [0.2, 0.25) is 0 Å². The average molecular weight is 215 g/mol. The maximum atomic E-state index is 11.8. The third kappa shape index (κ3) is 2.96. The van der Waals surface area contributed by atoms with Gasteiger partial charge in [0.05, 0.1) is 0 Å². The minimum atomic E-state index is 0.142. The molecule has 16 heavy (non-hydrogen) atoms. The van der Waals surface area contributed by atoms with Gasteiger partial charge in [0.1, 0.15) is 0 Å². The first-order valence-electron chi connectivity index (χ1n) is 5.88. The van der Waals surface area contributed by atoms with Gasteiger partial charge in [-0.3, -0.25) is 4.79 Å². The van der Waals surface area contributed by atoms with Crippen LogP contribution in [0.25, 0.3) is 6.08 Å². The Morgan fingerprint density at radius 2 is 1.75 bits per heavy atom. The van der Waals surface area contributed by atoms with E-state index in [-0.39, 0.29) is 5.91 Å². The standard InChI is InChI=1S/C14H17NO/c16-14(15-11-5-2-6-12-15)10-9-13-7-3-1-4-8-13/h1,3-4,7-10H,2,5-6,11-12H2/b10-9-.